The number of likely N-dealkylation sites (tertiary alicyclic amines) is 1. The molecular formula is C14H22N2O3. The van der Waals surface area contributed by atoms with Crippen molar-refractivity contribution in [3.05, 3.63) is 23.7 Å². The highest BCUT2D eigenvalue weighted by atomic mass is 16.5. The lowest BCUT2D eigenvalue weighted by molar-refractivity contribution is 0.0594. The summed E-state index contributed by atoms with van der Waals surface area (Å²) in [4.78, 5) is 13.9. The fourth-order valence-electron chi connectivity index (χ4n) is 2.66. The van der Waals surface area contributed by atoms with Gasteiger partial charge in [0, 0.05) is 19.1 Å². The van der Waals surface area contributed by atoms with E-state index in [1.165, 1.54) is 13.4 Å². The highest BCUT2D eigenvalue weighted by molar-refractivity contribution is 5.90. The summed E-state index contributed by atoms with van der Waals surface area (Å²) in [7, 11) is 1.38. The summed E-state index contributed by atoms with van der Waals surface area (Å²) >= 11 is 0. The summed E-state index contributed by atoms with van der Waals surface area (Å²) in [6.45, 7) is 4.71. The van der Waals surface area contributed by atoms with Gasteiger partial charge in [-0.2, -0.15) is 0 Å². The summed E-state index contributed by atoms with van der Waals surface area (Å²) in [6.07, 6.45) is 3.61. The maximum Gasteiger partial charge on any atom is 0.341 e. The van der Waals surface area contributed by atoms with Crippen LogP contribution < -0.4 is 5.73 Å². The number of hydrogen-bond donors (Lipinski definition) is 1. The molecule has 5 heteroatoms. The van der Waals surface area contributed by atoms with Crippen LogP contribution in [0.3, 0.4) is 0 Å². The number of carbonyl (C=O) groups excluding carboxylic acids is 1. The average Bonchev–Trinajstić information content (AvgIpc) is 2.88. The Hall–Kier alpha value is -1.33. The molecule has 1 aromatic heterocycles. The number of nitrogens with zero attached hydrogens (tertiary/aromatic N) is 1. The van der Waals surface area contributed by atoms with Gasteiger partial charge in [0.1, 0.15) is 11.3 Å². The molecule has 1 aromatic rings. The minimum absolute atomic E-state index is 0.290. The van der Waals surface area contributed by atoms with Crippen LogP contribution in [0.15, 0.2) is 16.7 Å². The highest BCUT2D eigenvalue weighted by Gasteiger charge is 2.27. The second kappa shape index (κ2) is 6.21. The molecule has 0 radical (unpaired) electrons. The van der Waals surface area contributed by atoms with Gasteiger partial charge in [0.25, 0.3) is 0 Å². The molecule has 0 spiro atoms. The minimum atomic E-state index is -0.343. The van der Waals surface area contributed by atoms with Crippen molar-refractivity contribution in [2.45, 2.75) is 32.4 Å². The van der Waals surface area contributed by atoms with Gasteiger partial charge in [-0.25, -0.2) is 4.79 Å². The second-order valence-corrected chi connectivity index (χ2v) is 5.11. The van der Waals surface area contributed by atoms with Crippen molar-refractivity contribution in [2.75, 3.05) is 20.2 Å². The molecule has 1 aliphatic heterocycles. The molecule has 2 N–H and O–H groups in total. The smallest absolute Gasteiger partial charge is 0.341 e. The molecule has 2 rings (SSSR count). The van der Waals surface area contributed by atoms with Crippen molar-refractivity contribution in [3.8, 4) is 0 Å². The predicted molar refractivity (Wildman–Crippen MR) is 71.7 cm³/mol. The number of carbonyl (C=O) groups is 1. The molecule has 0 aliphatic carbocycles. The van der Waals surface area contributed by atoms with Gasteiger partial charge in [-0.1, -0.05) is 13.3 Å². The van der Waals surface area contributed by atoms with E-state index < -0.39 is 0 Å². The number of nitrogens with two attached hydrogens (primary N) is 1. The Balaban J connectivity index is 2.02. The topological polar surface area (TPSA) is 68.7 Å². The lowest BCUT2D eigenvalue weighted by Gasteiger charge is -2.36. The SMILES string of the molecule is CCC1CN(Cc2occc2C(=O)OC)CCC1N. The van der Waals surface area contributed by atoms with Crippen molar-refractivity contribution in [2.24, 2.45) is 11.7 Å². The van der Waals surface area contributed by atoms with Gasteiger partial charge in [0.2, 0.25) is 0 Å². The van der Waals surface area contributed by atoms with Crippen molar-refractivity contribution in [1.82, 2.24) is 4.90 Å². The third kappa shape index (κ3) is 3.16. The number of methoxy groups -OCH3 is 1. The van der Waals surface area contributed by atoms with E-state index in [0.717, 1.165) is 25.9 Å². The van der Waals surface area contributed by atoms with E-state index in [9.17, 15) is 4.79 Å². The molecule has 2 heterocycles. The van der Waals surface area contributed by atoms with Gasteiger partial charge in [-0.05, 0) is 18.4 Å². The molecule has 1 fully saturated rings. The highest BCUT2D eigenvalue weighted by Crippen LogP contribution is 2.22. The van der Waals surface area contributed by atoms with E-state index in [1.54, 1.807) is 6.07 Å². The standard InChI is InChI=1S/C14H22N2O3/c1-3-10-8-16(6-4-12(10)15)9-13-11(5-7-19-13)14(17)18-2/h5,7,10,12H,3-4,6,8-9,15H2,1-2H3. The summed E-state index contributed by atoms with van der Waals surface area (Å²) in [6, 6.07) is 1.95. The normalized spacial score (nSPS) is 24.4. The van der Waals surface area contributed by atoms with Gasteiger partial charge >= 0.3 is 5.97 Å². The predicted octanol–water partition coefficient (Wildman–Crippen LogP) is 1.63. The molecule has 19 heavy (non-hydrogen) atoms. The molecule has 0 aromatic carbocycles. The van der Waals surface area contributed by atoms with Crippen LogP contribution in [0.25, 0.3) is 0 Å². The van der Waals surface area contributed by atoms with Crippen molar-refractivity contribution in [3.63, 3.8) is 0 Å². The first kappa shape index (κ1) is 14.1. The number of esters is 1. The van der Waals surface area contributed by atoms with E-state index in [2.05, 4.69) is 11.8 Å². The van der Waals surface area contributed by atoms with E-state index >= 15 is 0 Å². The zero-order chi connectivity index (χ0) is 13.8. The first-order valence-corrected chi connectivity index (χ1v) is 6.78. The molecule has 0 saturated carbocycles. The maximum absolute atomic E-state index is 11.6. The molecule has 0 amide bonds. The Bertz CT molecular complexity index is 430. The largest absolute Gasteiger partial charge is 0.467 e. The fourth-order valence-corrected chi connectivity index (χ4v) is 2.66. The van der Waals surface area contributed by atoms with Gasteiger partial charge in [0.05, 0.1) is 19.9 Å². The Kier molecular flexibility index (Phi) is 4.61. The molecule has 5 nitrogen and oxygen atoms in total. The van der Waals surface area contributed by atoms with Crippen LogP contribution in [-0.4, -0.2) is 37.1 Å². The quantitative estimate of drug-likeness (QED) is 0.839. The Morgan fingerprint density at radius 2 is 2.42 bits per heavy atom. The Morgan fingerprint density at radius 3 is 3.11 bits per heavy atom. The minimum Gasteiger partial charge on any atom is -0.467 e. The van der Waals surface area contributed by atoms with Gasteiger partial charge in [-0.15, -0.1) is 0 Å². The molecule has 1 saturated heterocycles. The second-order valence-electron chi connectivity index (χ2n) is 5.11. The molecule has 2 unspecified atom stereocenters. The lowest BCUT2D eigenvalue weighted by atomic mass is 9.90. The van der Waals surface area contributed by atoms with Crippen LogP contribution in [0, 0.1) is 5.92 Å². The number of furan rings is 1. The lowest BCUT2D eigenvalue weighted by Crippen LogP contribution is -2.46. The summed E-state index contributed by atoms with van der Waals surface area (Å²) in [5.41, 5.74) is 6.62. The van der Waals surface area contributed by atoms with Crippen LogP contribution in [-0.2, 0) is 11.3 Å². The molecule has 2 atom stereocenters. The zero-order valence-corrected chi connectivity index (χ0v) is 11.6. The van der Waals surface area contributed by atoms with Crippen molar-refractivity contribution < 1.29 is 13.9 Å². The van der Waals surface area contributed by atoms with Crippen LogP contribution in [0.2, 0.25) is 0 Å². The van der Waals surface area contributed by atoms with Crippen LogP contribution >= 0.6 is 0 Å². The maximum atomic E-state index is 11.6. The first-order chi connectivity index (χ1) is 9.15. The third-order valence-corrected chi connectivity index (χ3v) is 3.92. The van der Waals surface area contributed by atoms with Crippen molar-refractivity contribution >= 4 is 5.97 Å². The van der Waals surface area contributed by atoms with Crippen LogP contribution in [0.4, 0.5) is 0 Å². The fraction of sp³-hybridized carbons (Fsp3) is 0.643. The average molecular weight is 266 g/mol. The Labute approximate surface area is 113 Å². The number of hydrogen-bond acceptors (Lipinski definition) is 5. The monoisotopic (exact) mass is 266 g/mol. The van der Waals surface area contributed by atoms with Crippen molar-refractivity contribution in [1.29, 1.82) is 0 Å². The van der Waals surface area contributed by atoms with E-state index in [4.69, 9.17) is 14.9 Å². The Morgan fingerprint density at radius 1 is 1.63 bits per heavy atom. The number of piperidine rings is 1. The number of rotatable bonds is 4. The van der Waals surface area contributed by atoms with Gasteiger partial charge < -0.3 is 14.9 Å². The first-order valence-electron chi connectivity index (χ1n) is 6.78. The van der Waals surface area contributed by atoms with Crippen LogP contribution in [0.1, 0.15) is 35.9 Å². The van der Waals surface area contributed by atoms with Gasteiger partial charge in [-0.3, -0.25) is 4.90 Å². The van der Waals surface area contributed by atoms with E-state index in [-0.39, 0.29) is 12.0 Å². The molecule has 0 bridgehead atoms. The zero-order valence-electron chi connectivity index (χ0n) is 11.6. The summed E-state index contributed by atoms with van der Waals surface area (Å²) in [5.74, 6) is 0.854. The van der Waals surface area contributed by atoms with E-state index in [1.807, 2.05) is 0 Å². The molecular weight excluding hydrogens is 244 g/mol. The third-order valence-electron chi connectivity index (χ3n) is 3.92. The molecule has 106 valence electrons. The number of ether oxygens (including phenoxy) is 1. The van der Waals surface area contributed by atoms with Gasteiger partial charge in [0.15, 0.2) is 0 Å². The van der Waals surface area contributed by atoms with E-state index in [0.29, 0.717) is 23.8 Å². The molecule has 1 aliphatic rings. The summed E-state index contributed by atoms with van der Waals surface area (Å²) < 4.78 is 10.2. The summed E-state index contributed by atoms with van der Waals surface area (Å²) in [5, 5.41) is 0. The van der Waals surface area contributed by atoms with Crippen LogP contribution in [0.5, 0.6) is 0 Å².